The highest BCUT2D eigenvalue weighted by Crippen LogP contribution is 2.28. The fraction of sp³-hybridized carbons (Fsp3) is 0.846. The van der Waals surface area contributed by atoms with Crippen LogP contribution in [0.15, 0.2) is 0 Å². The molecule has 2 unspecified atom stereocenters. The van der Waals surface area contributed by atoms with Crippen molar-refractivity contribution in [3.8, 4) is 0 Å². The Hall–Kier alpha value is -0.950. The molecule has 0 aromatic rings. The molecule has 6 nitrogen and oxygen atoms in total. The van der Waals surface area contributed by atoms with Crippen LogP contribution in [0.1, 0.15) is 19.8 Å². The van der Waals surface area contributed by atoms with Crippen molar-refractivity contribution in [1.29, 1.82) is 0 Å². The van der Waals surface area contributed by atoms with Crippen LogP contribution in [0.4, 0.5) is 4.79 Å². The monoisotopic (exact) mass is 302 g/mol. The topological polar surface area (TPSA) is 87.7 Å². The second-order valence-corrected chi connectivity index (χ2v) is 6.93. The molecule has 2 atom stereocenters. The Bertz CT molecular complexity index is 373. The predicted molar refractivity (Wildman–Crippen MR) is 76.9 cm³/mol. The number of carboxylic acids is 1. The normalized spacial score (nSPS) is 30.9. The number of carboxylic acid groups (broad SMARTS) is 1. The van der Waals surface area contributed by atoms with E-state index in [-0.39, 0.29) is 19.2 Å². The number of urea groups is 1. The van der Waals surface area contributed by atoms with E-state index in [1.54, 1.807) is 6.92 Å². The molecule has 2 amide bonds. The molecule has 0 saturated carbocycles. The van der Waals surface area contributed by atoms with Crippen LogP contribution in [0.2, 0.25) is 0 Å². The minimum atomic E-state index is -1.04. The van der Waals surface area contributed by atoms with E-state index in [1.807, 2.05) is 11.8 Å². The fourth-order valence-electron chi connectivity index (χ4n) is 2.48. The smallest absolute Gasteiger partial charge is 0.315 e. The zero-order valence-electron chi connectivity index (χ0n) is 11.7. The lowest BCUT2D eigenvalue weighted by Gasteiger charge is -2.26. The molecule has 114 valence electrons. The van der Waals surface area contributed by atoms with E-state index in [0.717, 1.165) is 24.3 Å². The first kappa shape index (κ1) is 15.4. The molecule has 2 heterocycles. The number of nitrogens with one attached hydrogen (secondary N) is 2. The quantitative estimate of drug-likeness (QED) is 0.719. The van der Waals surface area contributed by atoms with Gasteiger partial charge in [-0.3, -0.25) is 4.79 Å². The van der Waals surface area contributed by atoms with E-state index in [2.05, 4.69) is 10.6 Å². The Morgan fingerprint density at radius 2 is 2.10 bits per heavy atom. The van der Waals surface area contributed by atoms with Crippen LogP contribution in [-0.2, 0) is 9.53 Å². The molecule has 2 rings (SSSR count). The summed E-state index contributed by atoms with van der Waals surface area (Å²) >= 11 is 1.95. The van der Waals surface area contributed by atoms with Crippen molar-refractivity contribution >= 4 is 23.8 Å². The average Bonchev–Trinajstić information content (AvgIpc) is 2.80. The minimum absolute atomic E-state index is 0.132. The predicted octanol–water partition coefficient (Wildman–Crippen LogP) is 0.918. The molecule has 3 N–H and O–H groups in total. The molecular formula is C13H22N2O4S. The number of thioether (sulfide) groups is 1. The van der Waals surface area contributed by atoms with Gasteiger partial charge in [0.2, 0.25) is 0 Å². The Balaban J connectivity index is 1.77. The average molecular weight is 302 g/mol. The molecule has 7 heteroatoms. The summed E-state index contributed by atoms with van der Waals surface area (Å²) in [6.45, 7) is 2.64. The first-order valence-corrected chi connectivity index (χ1v) is 8.11. The third-order valence-corrected chi connectivity index (χ3v) is 5.19. The van der Waals surface area contributed by atoms with Crippen LogP contribution in [0.3, 0.4) is 0 Å². The SMILES string of the molecule is CC1(C(=O)O)COCC1NC(=O)NCC1CCSCC1. The molecule has 2 fully saturated rings. The van der Waals surface area contributed by atoms with Crippen LogP contribution < -0.4 is 10.6 Å². The number of amides is 2. The largest absolute Gasteiger partial charge is 0.481 e. The van der Waals surface area contributed by atoms with Gasteiger partial charge in [0, 0.05) is 6.54 Å². The van der Waals surface area contributed by atoms with Gasteiger partial charge in [-0.15, -0.1) is 0 Å². The van der Waals surface area contributed by atoms with Crippen molar-refractivity contribution in [3.05, 3.63) is 0 Å². The van der Waals surface area contributed by atoms with Gasteiger partial charge in [-0.1, -0.05) is 0 Å². The highest BCUT2D eigenvalue weighted by atomic mass is 32.2. The van der Waals surface area contributed by atoms with Crippen molar-refractivity contribution in [2.75, 3.05) is 31.3 Å². The summed E-state index contributed by atoms with van der Waals surface area (Å²) in [6, 6.07) is -0.784. The molecule has 0 spiro atoms. The summed E-state index contributed by atoms with van der Waals surface area (Å²) in [4.78, 5) is 23.1. The molecule has 2 aliphatic rings. The van der Waals surface area contributed by atoms with Gasteiger partial charge in [0.05, 0.1) is 19.3 Å². The number of hydrogen-bond acceptors (Lipinski definition) is 4. The van der Waals surface area contributed by atoms with E-state index < -0.39 is 17.4 Å². The number of carbonyl (C=O) groups excluding carboxylic acids is 1. The maximum absolute atomic E-state index is 11.9. The van der Waals surface area contributed by atoms with E-state index in [0.29, 0.717) is 12.5 Å². The van der Waals surface area contributed by atoms with Crippen molar-refractivity contribution in [1.82, 2.24) is 10.6 Å². The first-order chi connectivity index (χ1) is 9.52. The van der Waals surface area contributed by atoms with Gasteiger partial charge >= 0.3 is 12.0 Å². The van der Waals surface area contributed by atoms with Gasteiger partial charge in [0.15, 0.2) is 0 Å². The van der Waals surface area contributed by atoms with Crippen LogP contribution in [0, 0.1) is 11.3 Å². The lowest BCUT2D eigenvalue weighted by molar-refractivity contribution is -0.148. The Labute approximate surface area is 123 Å². The van der Waals surface area contributed by atoms with Crippen LogP contribution in [0.25, 0.3) is 0 Å². The summed E-state index contributed by atoms with van der Waals surface area (Å²) in [6.07, 6.45) is 2.26. The van der Waals surface area contributed by atoms with Gasteiger partial charge in [-0.05, 0) is 37.2 Å². The molecule has 0 aliphatic carbocycles. The van der Waals surface area contributed by atoms with Gasteiger partial charge < -0.3 is 20.5 Å². The Morgan fingerprint density at radius 3 is 2.75 bits per heavy atom. The second-order valence-electron chi connectivity index (χ2n) is 5.70. The lowest BCUT2D eigenvalue weighted by atomic mass is 9.85. The molecule has 20 heavy (non-hydrogen) atoms. The minimum Gasteiger partial charge on any atom is -0.481 e. The standard InChI is InChI=1S/C13H22N2O4S/c1-13(11(16)17)8-19-7-10(13)15-12(18)14-6-9-2-4-20-5-3-9/h9-10H,2-8H2,1H3,(H,16,17)(H2,14,15,18). The maximum Gasteiger partial charge on any atom is 0.315 e. The summed E-state index contributed by atoms with van der Waals surface area (Å²) in [5, 5.41) is 14.8. The molecule has 2 saturated heterocycles. The van der Waals surface area contributed by atoms with Crippen molar-refractivity contribution in [2.24, 2.45) is 11.3 Å². The molecule has 0 bridgehead atoms. The molecule has 0 aromatic carbocycles. The fourth-order valence-corrected chi connectivity index (χ4v) is 3.69. The van der Waals surface area contributed by atoms with E-state index >= 15 is 0 Å². The summed E-state index contributed by atoms with van der Waals surface area (Å²) in [7, 11) is 0. The molecule has 2 aliphatic heterocycles. The molecular weight excluding hydrogens is 280 g/mol. The Kier molecular flexibility index (Phi) is 5.15. The highest BCUT2D eigenvalue weighted by molar-refractivity contribution is 7.99. The van der Waals surface area contributed by atoms with E-state index in [9.17, 15) is 14.7 Å². The zero-order chi connectivity index (χ0) is 14.6. The van der Waals surface area contributed by atoms with E-state index in [1.165, 1.54) is 0 Å². The molecule has 0 radical (unpaired) electrons. The number of rotatable bonds is 4. The summed E-state index contributed by atoms with van der Waals surface area (Å²) < 4.78 is 5.20. The van der Waals surface area contributed by atoms with Crippen LogP contribution in [-0.4, -0.2) is 54.4 Å². The summed E-state index contributed by atoms with van der Waals surface area (Å²) in [5.74, 6) is 1.90. The first-order valence-electron chi connectivity index (χ1n) is 6.95. The second kappa shape index (κ2) is 6.67. The number of aliphatic carboxylic acids is 1. The number of ether oxygens (including phenoxy) is 1. The van der Waals surface area contributed by atoms with Crippen LogP contribution in [0.5, 0.6) is 0 Å². The van der Waals surface area contributed by atoms with Gasteiger partial charge in [0.1, 0.15) is 5.41 Å². The van der Waals surface area contributed by atoms with Gasteiger partial charge in [-0.25, -0.2) is 4.79 Å². The Morgan fingerprint density at radius 1 is 1.40 bits per heavy atom. The van der Waals surface area contributed by atoms with Gasteiger partial charge in [0.25, 0.3) is 0 Å². The van der Waals surface area contributed by atoms with Gasteiger partial charge in [-0.2, -0.15) is 11.8 Å². The number of hydrogen-bond donors (Lipinski definition) is 3. The highest BCUT2D eigenvalue weighted by Gasteiger charge is 2.47. The zero-order valence-corrected chi connectivity index (χ0v) is 12.5. The van der Waals surface area contributed by atoms with Crippen molar-refractivity contribution in [3.63, 3.8) is 0 Å². The van der Waals surface area contributed by atoms with Crippen molar-refractivity contribution < 1.29 is 19.4 Å². The lowest BCUT2D eigenvalue weighted by Crippen LogP contribution is -2.53. The van der Waals surface area contributed by atoms with Crippen LogP contribution >= 0.6 is 11.8 Å². The molecule has 0 aromatic heterocycles. The third kappa shape index (κ3) is 3.58. The van der Waals surface area contributed by atoms with Crippen molar-refractivity contribution in [2.45, 2.75) is 25.8 Å². The summed E-state index contributed by atoms with van der Waals surface area (Å²) in [5.41, 5.74) is -1.04. The van der Waals surface area contributed by atoms with E-state index in [4.69, 9.17) is 4.74 Å². The third-order valence-electron chi connectivity index (χ3n) is 4.14. The number of carbonyl (C=O) groups is 2. The maximum atomic E-state index is 11.9.